The number of anilines is 2. The number of pyridine rings is 1. The average Bonchev–Trinajstić information content (AvgIpc) is 3.10. The summed E-state index contributed by atoms with van der Waals surface area (Å²) in [6.07, 6.45) is 1.42. The number of rotatable bonds is 6. The van der Waals surface area contributed by atoms with Crippen molar-refractivity contribution in [1.29, 1.82) is 0 Å². The van der Waals surface area contributed by atoms with E-state index in [4.69, 9.17) is 9.57 Å². The maximum atomic E-state index is 12.8. The van der Waals surface area contributed by atoms with Gasteiger partial charge in [0.2, 0.25) is 0 Å². The molecular weight excluding hydrogens is 440 g/mol. The van der Waals surface area contributed by atoms with E-state index in [1.54, 1.807) is 35.9 Å². The predicted octanol–water partition coefficient (Wildman–Crippen LogP) is 2.12. The number of methoxy groups -OCH3 is 1. The van der Waals surface area contributed by atoms with Crippen LogP contribution in [0.5, 0.6) is 5.75 Å². The van der Waals surface area contributed by atoms with Crippen molar-refractivity contribution in [2.24, 2.45) is 7.05 Å². The van der Waals surface area contributed by atoms with E-state index in [0.717, 1.165) is 5.06 Å². The van der Waals surface area contributed by atoms with Gasteiger partial charge < -0.3 is 9.30 Å². The fourth-order valence-electron chi connectivity index (χ4n) is 2.86. The third-order valence-electron chi connectivity index (χ3n) is 4.45. The Labute approximate surface area is 184 Å². The number of carbonyl (C=O) groups excluding carboxylic acids is 2. The highest BCUT2D eigenvalue weighted by molar-refractivity contribution is 7.90. The minimum absolute atomic E-state index is 0.0418. The predicted molar refractivity (Wildman–Crippen MR) is 117 cm³/mol. The molecule has 3 rings (SSSR count). The Morgan fingerprint density at radius 1 is 1.09 bits per heavy atom. The summed E-state index contributed by atoms with van der Waals surface area (Å²) in [6.45, 7) is 0. The van der Waals surface area contributed by atoms with Gasteiger partial charge in [-0.1, -0.05) is 18.2 Å². The molecule has 32 heavy (non-hydrogen) atoms. The number of hydrogen-bond acceptors (Lipinski definition) is 7. The van der Waals surface area contributed by atoms with E-state index >= 15 is 0 Å². The van der Waals surface area contributed by atoms with Crippen molar-refractivity contribution >= 4 is 44.6 Å². The smallest absolute Gasteiger partial charge is 0.346 e. The van der Waals surface area contributed by atoms with Gasteiger partial charge in [0.1, 0.15) is 22.3 Å². The molecule has 170 valence electrons. The first-order chi connectivity index (χ1) is 15.1. The minimum atomic E-state index is -4.18. The van der Waals surface area contributed by atoms with Crippen LogP contribution < -0.4 is 20.1 Å². The zero-order valence-electron chi connectivity index (χ0n) is 17.7. The normalized spacial score (nSPS) is 11.1. The Balaban J connectivity index is 1.80. The van der Waals surface area contributed by atoms with Crippen molar-refractivity contribution in [2.45, 2.75) is 4.90 Å². The van der Waals surface area contributed by atoms with Crippen LogP contribution in [0.1, 0.15) is 0 Å². The number of nitrogens with zero attached hydrogens (tertiary/aromatic N) is 3. The third-order valence-corrected chi connectivity index (χ3v) is 5.81. The molecule has 0 radical (unpaired) electrons. The van der Waals surface area contributed by atoms with E-state index in [2.05, 4.69) is 15.6 Å². The molecule has 0 aliphatic heterocycles. The number of aromatic nitrogens is 2. The largest absolute Gasteiger partial charge is 0.496 e. The standard InChI is InChI=1S/C19H22N6O6S/c1-24-11-15(13-7-5-6-8-14(13)24)32(28,29)23-18(26)21-16-9-12(30-3)10-17(20-16)22-19(27)25(2)31-4/h5-11H,1-4H3,(H3,20,21,22,23,26,27). The zero-order chi connectivity index (χ0) is 23.5. The van der Waals surface area contributed by atoms with Gasteiger partial charge in [0.05, 0.1) is 14.2 Å². The van der Waals surface area contributed by atoms with E-state index in [0.29, 0.717) is 10.9 Å². The molecule has 13 heteroatoms. The number of hydrogen-bond donors (Lipinski definition) is 3. The summed E-state index contributed by atoms with van der Waals surface area (Å²) in [7, 11) is 1.61. The van der Waals surface area contributed by atoms with E-state index in [1.165, 1.54) is 39.6 Å². The summed E-state index contributed by atoms with van der Waals surface area (Å²) < 4.78 is 34.3. The molecule has 2 aromatic heterocycles. The molecule has 4 amide bonds. The van der Waals surface area contributed by atoms with E-state index in [1.807, 2.05) is 4.72 Å². The second kappa shape index (κ2) is 9.11. The van der Waals surface area contributed by atoms with Gasteiger partial charge in [0.15, 0.2) is 0 Å². The Bertz CT molecular complexity index is 1270. The van der Waals surface area contributed by atoms with Gasteiger partial charge in [-0.2, -0.15) is 0 Å². The number of hydroxylamine groups is 2. The molecule has 0 aliphatic rings. The number of para-hydroxylation sites is 1. The molecule has 0 saturated carbocycles. The molecule has 0 fully saturated rings. The summed E-state index contributed by atoms with van der Waals surface area (Å²) in [5, 5.41) is 6.19. The molecule has 3 N–H and O–H groups in total. The van der Waals surface area contributed by atoms with Crippen LogP contribution in [0, 0.1) is 0 Å². The van der Waals surface area contributed by atoms with Crippen molar-refractivity contribution in [3.8, 4) is 5.75 Å². The second-order valence-corrected chi connectivity index (χ2v) is 8.22. The molecule has 0 saturated heterocycles. The van der Waals surface area contributed by atoms with Crippen LogP contribution in [-0.2, 0) is 21.9 Å². The van der Waals surface area contributed by atoms with Crippen molar-refractivity contribution in [3.05, 3.63) is 42.6 Å². The summed E-state index contributed by atoms with van der Waals surface area (Å²) in [6, 6.07) is 8.03. The van der Waals surface area contributed by atoms with Gasteiger partial charge in [0.25, 0.3) is 10.0 Å². The minimum Gasteiger partial charge on any atom is -0.496 e. The first-order valence-electron chi connectivity index (χ1n) is 9.17. The quantitative estimate of drug-likeness (QED) is 0.476. The number of carbonyl (C=O) groups is 2. The number of nitrogens with one attached hydrogen (secondary N) is 3. The van der Waals surface area contributed by atoms with Crippen LogP contribution in [0.15, 0.2) is 47.5 Å². The highest BCUT2D eigenvalue weighted by Gasteiger charge is 2.23. The molecule has 0 spiro atoms. The molecule has 12 nitrogen and oxygen atoms in total. The van der Waals surface area contributed by atoms with Crippen LogP contribution in [-0.4, -0.2) is 56.4 Å². The highest BCUT2D eigenvalue weighted by atomic mass is 32.2. The number of benzene rings is 1. The molecule has 0 aliphatic carbocycles. The number of amides is 4. The van der Waals surface area contributed by atoms with Gasteiger partial charge in [-0.3, -0.25) is 15.5 Å². The van der Waals surface area contributed by atoms with E-state index in [-0.39, 0.29) is 22.3 Å². The number of urea groups is 2. The van der Waals surface area contributed by atoms with Crippen LogP contribution in [0.25, 0.3) is 10.9 Å². The second-order valence-electron chi connectivity index (χ2n) is 6.57. The maximum absolute atomic E-state index is 12.8. The van der Waals surface area contributed by atoms with Crippen molar-refractivity contribution < 1.29 is 27.6 Å². The lowest BCUT2D eigenvalue weighted by Crippen LogP contribution is -2.34. The number of aryl methyl sites for hydroxylation is 1. The maximum Gasteiger partial charge on any atom is 0.346 e. The third kappa shape index (κ3) is 4.90. The van der Waals surface area contributed by atoms with Crippen LogP contribution in [0.3, 0.4) is 0 Å². The SMILES string of the molecule is COc1cc(NC(=O)NS(=O)(=O)c2cn(C)c3ccccc23)nc(NC(=O)N(C)OC)c1. The lowest BCUT2D eigenvalue weighted by molar-refractivity contribution is -0.0598. The summed E-state index contributed by atoms with van der Waals surface area (Å²) >= 11 is 0. The van der Waals surface area contributed by atoms with Crippen LogP contribution in [0.2, 0.25) is 0 Å². The molecule has 0 bridgehead atoms. The zero-order valence-corrected chi connectivity index (χ0v) is 18.6. The molecule has 0 unspecified atom stereocenters. The highest BCUT2D eigenvalue weighted by Crippen LogP contribution is 2.25. The van der Waals surface area contributed by atoms with Crippen LogP contribution in [0.4, 0.5) is 21.2 Å². The fourth-order valence-corrected chi connectivity index (χ4v) is 4.02. The van der Waals surface area contributed by atoms with Gasteiger partial charge in [0, 0.05) is 43.3 Å². The van der Waals surface area contributed by atoms with Gasteiger partial charge in [-0.15, -0.1) is 0 Å². The molecule has 1 aromatic carbocycles. The lowest BCUT2D eigenvalue weighted by atomic mass is 10.2. The van der Waals surface area contributed by atoms with E-state index < -0.39 is 22.1 Å². The fraction of sp³-hybridized carbons (Fsp3) is 0.211. The Hall–Kier alpha value is -3.84. The molecular formula is C19H22N6O6S. The van der Waals surface area contributed by atoms with Crippen LogP contribution >= 0.6 is 0 Å². The molecule has 3 aromatic rings. The van der Waals surface area contributed by atoms with Gasteiger partial charge in [-0.25, -0.2) is 32.8 Å². The summed E-state index contributed by atoms with van der Waals surface area (Å²) in [5.74, 6) is 0.262. The van der Waals surface area contributed by atoms with Crippen molar-refractivity contribution in [3.63, 3.8) is 0 Å². The average molecular weight is 462 g/mol. The van der Waals surface area contributed by atoms with Gasteiger partial charge in [-0.05, 0) is 6.07 Å². The number of fused-ring (bicyclic) bond motifs is 1. The first-order valence-corrected chi connectivity index (χ1v) is 10.7. The molecule has 0 atom stereocenters. The van der Waals surface area contributed by atoms with Gasteiger partial charge >= 0.3 is 12.1 Å². The Morgan fingerprint density at radius 2 is 1.75 bits per heavy atom. The number of sulfonamides is 1. The van der Waals surface area contributed by atoms with Crippen molar-refractivity contribution in [2.75, 3.05) is 31.9 Å². The van der Waals surface area contributed by atoms with E-state index in [9.17, 15) is 18.0 Å². The topological polar surface area (TPSA) is 144 Å². The molecule has 2 heterocycles. The first kappa shape index (κ1) is 22.8. The Morgan fingerprint density at radius 3 is 2.41 bits per heavy atom. The summed E-state index contributed by atoms with van der Waals surface area (Å²) in [4.78, 5) is 33.2. The van der Waals surface area contributed by atoms with Crippen molar-refractivity contribution in [1.82, 2.24) is 19.3 Å². The summed E-state index contributed by atoms with van der Waals surface area (Å²) in [5.41, 5.74) is 0.698. The lowest BCUT2D eigenvalue weighted by Gasteiger charge is -2.15. The number of ether oxygens (including phenoxy) is 1. The monoisotopic (exact) mass is 462 g/mol. The Kier molecular flexibility index (Phi) is 6.50.